The summed E-state index contributed by atoms with van der Waals surface area (Å²) in [6, 6.07) is 0. The second-order valence-electron chi connectivity index (χ2n) is 5.38. The third-order valence-corrected chi connectivity index (χ3v) is 3.36. The summed E-state index contributed by atoms with van der Waals surface area (Å²) in [5.41, 5.74) is 5.11. The number of nitrogens with two attached hydrogens (primary N) is 1. The lowest BCUT2D eigenvalue weighted by atomic mass is 9.96. The van der Waals surface area contributed by atoms with Crippen LogP contribution in [0.25, 0.3) is 0 Å². The number of ether oxygens (including phenoxy) is 1. The molecule has 2 N–H and O–H groups in total. The standard InChI is InChI=1S/C15H27N3O2/c1-4-8-13-17-10-12-18(13)11-7-6-9-15(3,16)14(19)20-5-2/h10,12H,4-9,11,16H2,1-3H3. The summed E-state index contributed by atoms with van der Waals surface area (Å²) in [4.78, 5) is 16.0. The smallest absolute Gasteiger partial charge is 0.325 e. The van der Waals surface area contributed by atoms with Crippen molar-refractivity contribution >= 4 is 5.97 Å². The van der Waals surface area contributed by atoms with Gasteiger partial charge in [0, 0.05) is 25.4 Å². The molecule has 0 spiro atoms. The van der Waals surface area contributed by atoms with Crippen molar-refractivity contribution in [1.29, 1.82) is 0 Å². The van der Waals surface area contributed by atoms with Gasteiger partial charge in [0.15, 0.2) is 0 Å². The number of hydrogen-bond donors (Lipinski definition) is 1. The van der Waals surface area contributed by atoms with E-state index in [1.165, 1.54) is 0 Å². The van der Waals surface area contributed by atoms with Gasteiger partial charge in [0.25, 0.3) is 0 Å². The first-order chi connectivity index (χ1) is 9.51. The van der Waals surface area contributed by atoms with Crippen molar-refractivity contribution in [3.8, 4) is 0 Å². The molecule has 0 aliphatic carbocycles. The number of carbonyl (C=O) groups is 1. The SMILES string of the molecule is CCCc1nccn1CCCCC(C)(N)C(=O)OCC. The normalized spacial score (nSPS) is 14.0. The number of esters is 1. The van der Waals surface area contributed by atoms with Gasteiger partial charge in [-0.05, 0) is 39.5 Å². The number of nitrogens with zero attached hydrogens (tertiary/aromatic N) is 2. The number of hydrogen-bond acceptors (Lipinski definition) is 4. The van der Waals surface area contributed by atoms with Crippen molar-refractivity contribution in [3.63, 3.8) is 0 Å². The fraction of sp³-hybridized carbons (Fsp3) is 0.733. The van der Waals surface area contributed by atoms with Gasteiger partial charge in [-0.1, -0.05) is 6.92 Å². The molecule has 0 fully saturated rings. The van der Waals surface area contributed by atoms with Crippen molar-refractivity contribution in [2.75, 3.05) is 6.61 Å². The van der Waals surface area contributed by atoms with E-state index in [0.717, 1.165) is 38.1 Å². The van der Waals surface area contributed by atoms with Crippen LogP contribution in [0.1, 0.15) is 52.3 Å². The van der Waals surface area contributed by atoms with E-state index in [2.05, 4.69) is 16.5 Å². The Bertz CT molecular complexity index is 413. The maximum Gasteiger partial charge on any atom is 0.325 e. The Morgan fingerprint density at radius 2 is 2.20 bits per heavy atom. The summed E-state index contributed by atoms with van der Waals surface area (Å²) in [5, 5.41) is 0. The molecule has 5 nitrogen and oxygen atoms in total. The number of aryl methyl sites for hydroxylation is 2. The molecule has 1 rings (SSSR count). The second kappa shape index (κ2) is 8.04. The van der Waals surface area contributed by atoms with Crippen LogP contribution in [0.4, 0.5) is 0 Å². The third kappa shape index (κ3) is 4.96. The lowest BCUT2D eigenvalue weighted by Gasteiger charge is -2.22. The van der Waals surface area contributed by atoms with Gasteiger partial charge in [-0.15, -0.1) is 0 Å². The molecule has 1 aromatic heterocycles. The van der Waals surface area contributed by atoms with Gasteiger partial charge in [-0.2, -0.15) is 0 Å². The maximum absolute atomic E-state index is 11.7. The van der Waals surface area contributed by atoms with E-state index in [9.17, 15) is 4.79 Å². The minimum atomic E-state index is -0.878. The van der Waals surface area contributed by atoms with Crippen LogP contribution in [0, 0.1) is 0 Å². The molecule has 0 saturated heterocycles. The molecule has 1 unspecified atom stereocenters. The number of carbonyl (C=O) groups excluding carboxylic acids is 1. The number of unbranched alkanes of at least 4 members (excludes halogenated alkanes) is 1. The fourth-order valence-corrected chi connectivity index (χ4v) is 2.17. The van der Waals surface area contributed by atoms with Crippen LogP contribution < -0.4 is 5.73 Å². The fourth-order valence-electron chi connectivity index (χ4n) is 2.17. The average molecular weight is 281 g/mol. The second-order valence-corrected chi connectivity index (χ2v) is 5.38. The Labute approximate surface area is 121 Å². The zero-order chi connectivity index (χ0) is 15.0. The molecule has 5 heteroatoms. The Balaban J connectivity index is 2.34. The minimum absolute atomic E-state index is 0.311. The van der Waals surface area contributed by atoms with Gasteiger partial charge in [0.1, 0.15) is 11.4 Å². The van der Waals surface area contributed by atoms with Gasteiger partial charge in [-0.3, -0.25) is 4.79 Å². The first-order valence-corrected chi connectivity index (χ1v) is 7.47. The highest BCUT2D eigenvalue weighted by molar-refractivity contribution is 5.79. The molecule has 1 aromatic rings. The van der Waals surface area contributed by atoms with Crippen LogP contribution >= 0.6 is 0 Å². The van der Waals surface area contributed by atoms with E-state index in [4.69, 9.17) is 10.5 Å². The molecule has 0 amide bonds. The first kappa shape index (κ1) is 16.7. The van der Waals surface area contributed by atoms with Crippen molar-refractivity contribution in [2.24, 2.45) is 5.73 Å². The topological polar surface area (TPSA) is 70.1 Å². The van der Waals surface area contributed by atoms with Crippen LogP contribution in [-0.2, 0) is 22.5 Å². The van der Waals surface area contributed by atoms with E-state index in [1.807, 2.05) is 12.4 Å². The van der Waals surface area contributed by atoms with E-state index in [-0.39, 0.29) is 5.97 Å². The van der Waals surface area contributed by atoms with Gasteiger partial charge in [0.05, 0.1) is 6.61 Å². The first-order valence-electron chi connectivity index (χ1n) is 7.47. The van der Waals surface area contributed by atoms with Crippen molar-refractivity contribution in [3.05, 3.63) is 18.2 Å². The monoisotopic (exact) mass is 281 g/mol. The molecule has 1 heterocycles. The molecule has 1 atom stereocenters. The summed E-state index contributed by atoms with van der Waals surface area (Å²) in [7, 11) is 0. The number of aromatic nitrogens is 2. The quantitative estimate of drug-likeness (QED) is 0.557. The van der Waals surface area contributed by atoms with Crippen LogP contribution in [0.15, 0.2) is 12.4 Å². The molecular weight excluding hydrogens is 254 g/mol. The van der Waals surface area contributed by atoms with Gasteiger partial charge < -0.3 is 15.0 Å². The summed E-state index contributed by atoms with van der Waals surface area (Å²) >= 11 is 0. The Morgan fingerprint density at radius 1 is 1.45 bits per heavy atom. The van der Waals surface area contributed by atoms with Crippen LogP contribution in [0.2, 0.25) is 0 Å². The largest absolute Gasteiger partial charge is 0.465 e. The van der Waals surface area contributed by atoms with E-state index in [0.29, 0.717) is 13.0 Å². The molecule has 20 heavy (non-hydrogen) atoms. The number of imidazole rings is 1. The minimum Gasteiger partial charge on any atom is -0.465 e. The molecule has 0 aromatic carbocycles. The summed E-state index contributed by atoms with van der Waals surface area (Å²) in [6.07, 6.45) is 8.48. The van der Waals surface area contributed by atoms with Crippen LogP contribution in [0.3, 0.4) is 0 Å². The highest BCUT2D eigenvalue weighted by atomic mass is 16.5. The highest BCUT2D eigenvalue weighted by Gasteiger charge is 2.28. The van der Waals surface area contributed by atoms with Gasteiger partial charge in [-0.25, -0.2) is 4.98 Å². The molecule has 0 aliphatic rings. The van der Waals surface area contributed by atoms with E-state index < -0.39 is 5.54 Å². The van der Waals surface area contributed by atoms with Crippen molar-refractivity contribution in [1.82, 2.24) is 9.55 Å². The Morgan fingerprint density at radius 3 is 2.85 bits per heavy atom. The van der Waals surface area contributed by atoms with Gasteiger partial charge in [0.2, 0.25) is 0 Å². The lowest BCUT2D eigenvalue weighted by Crippen LogP contribution is -2.46. The zero-order valence-electron chi connectivity index (χ0n) is 12.9. The Hall–Kier alpha value is -1.36. The van der Waals surface area contributed by atoms with Crippen LogP contribution in [-0.4, -0.2) is 27.7 Å². The molecule has 0 saturated carbocycles. The molecule has 0 bridgehead atoms. The lowest BCUT2D eigenvalue weighted by molar-refractivity contribution is -0.149. The molecule has 0 radical (unpaired) electrons. The summed E-state index contributed by atoms with van der Waals surface area (Å²) in [5.74, 6) is 0.822. The van der Waals surface area contributed by atoms with E-state index >= 15 is 0 Å². The predicted octanol–water partition coefficient (Wildman–Crippen LogP) is 2.29. The summed E-state index contributed by atoms with van der Waals surface area (Å²) < 4.78 is 7.16. The van der Waals surface area contributed by atoms with Gasteiger partial charge >= 0.3 is 5.97 Å². The van der Waals surface area contributed by atoms with Crippen molar-refractivity contribution in [2.45, 2.75) is 65.0 Å². The molecular formula is C15H27N3O2. The average Bonchev–Trinajstić information content (AvgIpc) is 2.83. The maximum atomic E-state index is 11.7. The predicted molar refractivity (Wildman–Crippen MR) is 79.3 cm³/mol. The van der Waals surface area contributed by atoms with E-state index in [1.54, 1.807) is 13.8 Å². The van der Waals surface area contributed by atoms with Crippen molar-refractivity contribution < 1.29 is 9.53 Å². The number of rotatable bonds is 9. The molecule has 114 valence electrons. The molecule has 0 aliphatic heterocycles. The Kier molecular flexibility index (Phi) is 6.71. The zero-order valence-corrected chi connectivity index (χ0v) is 12.9. The highest BCUT2D eigenvalue weighted by Crippen LogP contribution is 2.14. The third-order valence-electron chi connectivity index (χ3n) is 3.36. The van der Waals surface area contributed by atoms with Crippen LogP contribution in [0.5, 0.6) is 0 Å². The summed E-state index contributed by atoms with van der Waals surface area (Å²) in [6.45, 7) is 6.99.